The van der Waals surface area contributed by atoms with E-state index in [0.717, 1.165) is 57.1 Å². The second-order valence-electron chi connectivity index (χ2n) is 7.43. The Labute approximate surface area is 196 Å². The number of hydrogen-bond acceptors (Lipinski definition) is 4. The van der Waals surface area contributed by atoms with Crippen LogP contribution in [0.15, 0.2) is 29.3 Å². The number of aliphatic imine (C=N–C) groups is 1. The monoisotopic (exact) mass is 527 g/mol. The van der Waals surface area contributed by atoms with Crippen LogP contribution in [0.3, 0.4) is 0 Å². The third kappa shape index (κ3) is 6.65. The average Bonchev–Trinajstić information content (AvgIpc) is 3.04. The number of aryl methyl sites for hydroxylation is 2. The highest BCUT2D eigenvalue weighted by atomic mass is 127. The quantitative estimate of drug-likeness (QED) is 0.326. The number of benzene rings is 1. The van der Waals surface area contributed by atoms with Crippen molar-refractivity contribution >= 4 is 41.3 Å². The lowest BCUT2D eigenvalue weighted by molar-refractivity contribution is 0.174. The number of rotatable bonds is 7. The van der Waals surface area contributed by atoms with Gasteiger partial charge in [-0.2, -0.15) is 0 Å². The van der Waals surface area contributed by atoms with Crippen LogP contribution in [0.2, 0.25) is 0 Å². The van der Waals surface area contributed by atoms with Gasteiger partial charge in [-0.1, -0.05) is 31.2 Å². The predicted octanol–water partition coefficient (Wildman–Crippen LogP) is 3.92. The fraction of sp³-hybridized carbons (Fsp3) is 0.545. The number of fused-ring (bicyclic) bond motifs is 1. The Morgan fingerprint density at radius 1 is 1.24 bits per heavy atom. The van der Waals surface area contributed by atoms with E-state index in [4.69, 9.17) is 0 Å². The highest BCUT2D eigenvalue weighted by molar-refractivity contribution is 14.0. The highest BCUT2D eigenvalue weighted by Gasteiger charge is 2.22. The number of thiazole rings is 1. The standard InChI is InChI=1S/C22H33N5S.HI/c1-5-20(27-13-11-18-8-6-7-9-19(18)15-27)14-25-22(23-4)24-12-10-21-26-16(2)17(3)28-21;/h6-9,20H,5,10-15H2,1-4H3,(H2,23,24,25);1H. The summed E-state index contributed by atoms with van der Waals surface area (Å²) in [6, 6.07) is 9.35. The Kier molecular flexibility index (Phi) is 9.85. The van der Waals surface area contributed by atoms with Crippen LogP contribution in [0.1, 0.15) is 40.1 Å². The van der Waals surface area contributed by atoms with E-state index in [9.17, 15) is 0 Å². The lowest BCUT2D eigenvalue weighted by atomic mass is 9.98. The molecule has 2 heterocycles. The number of halogens is 1. The third-order valence-corrected chi connectivity index (χ3v) is 6.71. The predicted molar refractivity (Wildman–Crippen MR) is 135 cm³/mol. The first kappa shape index (κ1) is 24.1. The summed E-state index contributed by atoms with van der Waals surface area (Å²) in [6.07, 6.45) is 3.20. The Balaban J connectivity index is 0.00000300. The van der Waals surface area contributed by atoms with Gasteiger partial charge in [-0.15, -0.1) is 35.3 Å². The largest absolute Gasteiger partial charge is 0.356 e. The molecule has 0 fully saturated rings. The van der Waals surface area contributed by atoms with Crippen LogP contribution >= 0.6 is 35.3 Å². The average molecular weight is 528 g/mol. The Bertz CT molecular complexity index is 785. The molecule has 1 aliphatic heterocycles. The van der Waals surface area contributed by atoms with E-state index >= 15 is 0 Å². The van der Waals surface area contributed by atoms with Gasteiger partial charge in [-0.25, -0.2) is 4.98 Å². The van der Waals surface area contributed by atoms with Crippen molar-refractivity contribution in [3.8, 4) is 0 Å². The molecule has 1 aromatic carbocycles. The molecular formula is C22H34IN5S. The Morgan fingerprint density at radius 3 is 2.66 bits per heavy atom. The zero-order valence-corrected chi connectivity index (χ0v) is 21.1. The van der Waals surface area contributed by atoms with Crippen LogP contribution in [-0.2, 0) is 19.4 Å². The van der Waals surface area contributed by atoms with Gasteiger partial charge >= 0.3 is 0 Å². The van der Waals surface area contributed by atoms with Crippen molar-refractivity contribution in [3.63, 3.8) is 0 Å². The van der Waals surface area contributed by atoms with Crippen LogP contribution in [-0.4, -0.2) is 48.6 Å². The van der Waals surface area contributed by atoms with E-state index in [-0.39, 0.29) is 24.0 Å². The van der Waals surface area contributed by atoms with E-state index in [1.165, 1.54) is 21.0 Å². The molecule has 0 amide bonds. The van der Waals surface area contributed by atoms with Crippen LogP contribution in [0.5, 0.6) is 0 Å². The normalized spacial score (nSPS) is 15.4. The van der Waals surface area contributed by atoms with Crippen LogP contribution in [0.25, 0.3) is 0 Å². The summed E-state index contributed by atoms with van der Waals surface area (Å²) in [7, 11) is 1.84. The zero-order chi connectivity index (χ0) is 19.9. The molecule has 160 valence electrons. The molecule has 1 aromatic heterocycles. The second-order valence-corrected chi connectivity index (χ2v) is 8.72. The first-order valence-electron chi connectivity index (χ1n) is 10.3. The van der Waals surface area contributed by atoms with Crippen molar-refractivity contribution in [2.75, 3.05) is 26.7 Å². The summed E-state index contributed by atoms with van der Waals surface area (Å²) in [5, 5.41) is 8.15. The summed E-state index contributed by atoms with van der Waals surface area (Å²) >= 11 is 1.79. The fourth-order valence-electron chi connectivity index (χ4n) is 3.73. The molecule has 0 aliphatic carbocycles. The molecule has 1 aliphatic rings. The lowest BCUT2D eigenvalue weighted by Crippen LogP contribution is -2.48. The second kappa shape index (κ2) is 11.9. The topological polar surface area (TPSA) is 52.6 Å². The van der Waals surface area contributed by atoms with Gasteiger partial charge in [0.1, 0.15) is 0 Å². The van der Waals surface area contributed by atoms with Gasteiger partial charge in [0.15, 0.2) is 5.96 Å². The number of nitrogens with one attached hydrogen (secondary N) is 2. The van der Waals surface area contributed by atoms with E-state index < -0.39 is 0 Å². The summed E-state index contributed by atoms with van der Waals surface area (Å²) in [4.78, 5) is 12.9. The maximum Gasteiger partial charge on any atom is 0.191 e. The fourth-order valence-corrected chi connectivity index (χ4v) is 4.66. The molecule has 0 saturated heterocycles. The van der Waals surface area contributed by atoms with E-state index in [0.29, 0.717) is 6.04 Å². The minimum Gasteiger partial charge on any atom is -0.356 e. The molecule has 3 rings (SSSR count). The highest BCUT2D eigenvalue weighted by Crippen LogP contribution is 2.21. The Morgan fingerprint density at radius 2 is 2.00 bits per heavy atom. The van der Waals surface area contributed by atoms with E-state index in [1.54, 1.807) is 11.3 Å². The molecule has 0 radical (unpaired) electrons. The van der Waals surface area contributed by atoms with Crippen LogP contribution in [0.4, 0.5) is 0 Å². The van der Waals surface area contributed by atoms with Gasteiger partial charge in [0.2, 0.25) is 0 Å². The number of hydrogen-bond donors (Lipinski definition) is 2. The van der Waals surface area contributed by atoms with Crippen molar-refractivity contribution < 1.29 is 0 Å². The van der Waals surface area contributed by atoms with Crippen molar-refractivity contribution in [1.82, 2.24) is 20.5 Å². The lowest BCUT2D eigenvalue weighted by Gasteiger charge is -2.35. The first-order chi connectivity index (χ1) is 13.6. The van der Waals surface area contributed by atoms with Gasteiger partial charge in [-0.3, -0.25) is 9.89 Å². The molecule has 2 aromatic rings. The maximum atomic E-state index is 4.61. The smallest absolute Gasteiger partial charge is 0.191 e. The van der Waals surface area contributed by atoms with Crippen molar-refractivity contribution in [2.45, 2.75) is 52.6 Å². The number of nitrogens with zero attached hydrogens (tertiary/aromatic N) is 3. The van der Waals surface area contributed by atoms with E-state index in [2.05, 4.69) is 70.5 Å². The van der Waals surface area contributed by atoms with Crippen LogP contribution in [0, 0.1) is 13.8 Å². The molecule has 1 unspecified atom stereocenters. The van der Waals surface area contributed by atoms with Gasteiger partial charge in [0.05, 0.1) is 10.7 Å². The van der Waals surface area contributed by atoms with Gasteiger partial charge in [-0.05, 0) is 37.8 Å². The zero-order valence-electron chi connectivity index (χ0n) is 18.0. The first-order valence-corrected chi connectivity index (χ1v) is 11.1. The summed E-state index contributed by atoms with van der Waals surface area (Å²) in [5.41, 5.74) is 4.13. The number of guanidine groups is 1. The molecule has 5 nitrogen and oxygen atoms in total. The van der Waals surface area contributed by atoms with E-state index in [1.807, 2.05) is 7.05 Å². The summed E-state index contributed by atoms with van der Waals surface area (Å²) in [5.74, 6) is 0.876. The van der Waals surface area contributed by atoms with Crippen molar-refractivity contribution in [1.29, 1.82) is 0 Å². The maximum absolute atomic E-state index is 4.61. The number of aromatic nitrogens is 1. The van der Waals surface area contributed by atoms with Crippen LogP contribution < -0.4 is 10.6 Å². The van der Waals surface area contributed by atoms with Gasteiger partial charge in [0.25, 0.3) is 0 Å². The van der Waals surface area contributed by atoms with Crippen molar-refractivity contribution in [3.05, 3.63) is 51.0 Å². The summed E-state index contributed by atoms with van der Waals surface area (Å²) in [6.45, 7) is 10.4. The van der Waals surface area contributed by atoms with Gasteiger partial charge in [0, 0.05) is 50.6 Å². The minimum atomic E-state index is 0. The minimum absolute atomic E-state index is 0. The molecule has 29 heavy (non-hydrogen) atoms. The SMILES string of the molecule is CCC(CNC(=NC)NCCc1nc(C)c(C)s1)N1CCc2ccccc2C1.I. The molecule has 0 spiro atoms. The van der Waals surface area contributed by atoms with Gasteiger partial charge < -0.3 is 10.6 Å². The molecule has 1 atom stereocenters. The third-order valence-electron chi connectivity index (χ3n) is 5.58. The molecular weight excluding hydrogens is 493 g/mol. The van der Waals surface area contributed by atoms with Crippen molar-refractivity contribution in [2.24, 2.45) is 4.99 Å². The molecule has 7 heteroatoms. The molecule has 0 saturated carbocycles. The summed E-state index contributed by atoms with van der Waals surface area (Å²) < 4.78 is 0. The Hall–Kier alpha value is -1.19. The molecule has 0 bridgehead atoms. The molecule has 2 N–H and O–H groups in total.